The molecule has 1 N–H and O–H groups in total. The van der Waals surface area contributed by atoms with Crippen LogP contribution in [-0.2, 0) is 4.79 Å². The molecule has 32 heavy (non-hydrogen) atoms. The lowest BCUT2D eigenvalue weighted by molar-refractivity contribution is -0.129. The Morgan fingerprint density at radius 1 is 0.875 bits per heavy atom. The lowest BCUT2D eigenvalue weighted by Crippen LogP contribution is -2.42. The molecule has 0 atom stereocenters. The van der Waals surface area contributed by atoms with Crippen LogP contribution >= 0.6 is 0 Å². The number of rotatable bonds is 5. The van der Waals surface area contributed by atoms with Crippen molar-refractivity contribution in [3.63, 3.8) is 0 Å². The molecule has 1 fully saturated rings. The molecule has 0 aliphatic carbocycles. The minimum atomic E-state index is -0.472. The molecule has 0 bridgehead atoms. The number of nitrogens with one attached hydrogen (secondary N) is 1. The van der Waals surface area contributed by atoms with Crippen LogP contribution in [0, 0.1) is 0 Å². The fourth-order valence-corrected chi connectivity index (χ4v) is 3.61. The monoisotopic (exact) mass is 432 g/mol. The predicted octanol–water partition coefficient (Wildman–Crippen LogP) is 2.45. The van der Waals surface area contributed by atoms with E-state index in [9.17, 15) is 14.4 Å². The Balaban J connectivity index is 1.28. The summed E-state index contributed by atoms with van der Waals surface area (Å²) in [5.74, 6) is -0.217. The molecule has 1 aromatic heterocycles. The zero-order valence-electron chi connectivity index (χ0n) is 17.6. The van der Waals surface area contributed by atoms with Crippen molar-refractivity contribution >= 4 is 17.7 Å². The first-order valence-corrected chi connectivity index (χ1v) is 10.5. The van der Waals surface area contributed by atoms with E-state index in [4.69, 9.17) is 4.52 Å². The van der Waals surface area contributed by atoms with Gasteiger partial charge in [-0.15, -0.1) is 0 Å². The van der Waals surface area contributed by atoms with Gasteiger partial charge in [0.2, 0.25) is 5.91 Å². The maximum atomic E-state index is 12.7. The second-order valence-corrected chi connectivity index (χ2v) is 7.52. The Hall–Kier alpha value is -3.94. The molecule has 1 saturated heterocycles. The van der Waals surface area contributed by atoms with Crippen molar-refractivity contribution in [3.8, 4) is 11.3 Å². The molecule has 8 nitrogen and oxygen atoms in total. The Bertz CT molecular complexity index is 1080. The molecule has 3 aromatic rings. The fourth-order valence-electron chi connectivity index (χ4n) is 3.61. The third kappa shape index (κ3) is 5.03. The Morgan fingerprint density at radius 2 is 1.53 bits per heavy atom. The molecule has 0 spiro atoms. The molecule has 0 unspecified atom stereocenters. The number of hydrogen-bond donors (Lipinski definition) is 1. The Morgan fingerprint density at radius 3 is 2.28 bits per heavy atom. The van der Waals surface area contributed by atoms with Gasteiger partial charge in [-0.05, 0) is 18.6 Å². The summed E-state index contributed by atoms with van der Waals surface area (Å²) < 4.78 is 5.24. The SMILES string of the molecule is O=C(NCC(=O)N1CCCN(C(=O)c2ccccc2)CC1)c1cc(-c2ccccc2)on1. The largest absolute Gasteiger partial charge is 0.355 e. The third-order valence-corrected chi connectivity index (χ3v) is 5.36. The summed E-state index contributed by atoms with van der Waals surface area (Å²) in [6, 6.07) is 20.0. The van der Waals surface area contributed by atoms with Gasteiger partial charge in [0.25, 0.3) is 11.8 Å². The quantitative estimate of drug-likeness (QED) is 0.668. The minimum Gasteiger partial charge on any atom is -0.355 e. The van der Waals surface area contributed by atoms with E-state index in [1.54, 1.807) is 28.0 Å². The molecule has 1 aliphatic rings. The van der Waals surface area contributed by atoms with Crippen molar-refractivity contribution < 1.29 is 18.9 Å². The summed E-state index contributed by atoms with van der Waals surface area (Å²) in [4.78, 5) is 41.1. The highest BCUT2D eigenvalue weighted by atomic mass is 16.5. The van der Waals surface area contributed by atoms with E-state index in [1.807, 2.05) is 48.5 Å². The van der Waals surface area contributed by atoms with Gasteiger partial charge < -0.3 is 19.6 Å². The summed E-state index contributed by atoms with van der Waals surface area (Å²) in [6.07, 6.45) is 0.683. The van der Waals surface area contributed by atoms with Crippen molar-refractivity contribution in [2.45, 2.75) is 6.42 Å². The van der Waals surface area contributed by atoms with Gasteiger partial charge in [0.1, 0.15) is 0 Å². The van der Waals surface area contributed by atoms with E-state index < -0.39 is 5.91 Å². The zero-order chi connectivity index (χ0) is 22.3. The van der Waals surface area contributed by atoms with Gasteiger partial charge in [0, 0.05) is 43.4 Å². The number of carbonyl (C=O) groups excluding carboxylic acids is 3. The van der Waals surface area contributed by atoms with Crippen LogP contribution in [0.15, 0.2) is 71.3 Å². The van der Waals surface area contributed by atoms with Crippen LogP contribution in [0.2, 0.25) is 0 Å². The molecule has 0 radical (unpaired) electrons. The van der Waals surface area contributed by atoms with Crippen LogP contribution < -0.4 is 5.32 Å². The van der Waals surface area contributed by atoms with Crippen molar-refractivity contribution in [2.75, 3.05) is 32.7 Å². The molecule has 2 heterocycles. The van der Waals surface area contributed by atoms with Crippen molar-refractivity contribution in [1.29, 1.82) is 0 Å². The van der Waals surface area contributed by atoms with Crippen molar-refractivity contribution in [1.82, 2.24) is 20.3 Å². The number of aromatic nitrogens is 1. The first-order valence-electron chi connectivity index (χ1n) is 10.5. The highest BCUT2D eigenvalue weighted by Crippen LogP contribution is 2.19. The van der Waals surface area contributed by atoms with E-state index in [2.05, 4.69) is 10.5 Å². The molecular formula is C24H24N4O4. The minimum absolute atomic E-state index is 0.0338. The molecule has 0 saturated carbocycles. The normalized spacial score (nSPS) is 14.0. The number of amides is 3. The second-order valence-electron chi connectivity index (χ2n) is 7.52. The summed E-state index contributed by atoms with van der Waals surface area (Å²) in [5, 5.41) is 6.41. The molecule has 8 heteroatoms. The smallest absolute Gasteiger partial charge is 0.273 e. The molecule has 164 valence electrons. The van der Waals surface area contributed by atoms with Gasteiger partial charge in [-0.3, -0.25) is 14.4 Å². The molecule has 4 rings (SSSR count). The van der Waals surface area contributed by atoms with E-state index in [1.165, 1.54) is 0 Å². The number of nitrogens with zero attached hydrogens (tertiary/aromatic N) is 3. The van der Waals surface area contributed by atoms with Crippen LogP contribution in [-0.4, -0.2) is 65.4 Å². The summed E-state index contributed by atoms with van der Waals surface area (Å²) in [5.41, 5.74) is 1.57. The maximum absolute atomic E-state index is 12.7. The predicted molar refractivity (Wildman–Crippen MR) is 118 cm³/mol. The van der Waals surface area contributed by atoms with E-state index in [0.717, 1.165) is 5.56 Å². The van der Waals surface area contributed by atoms with Crippen LogP contribution in [0.3, 0.4) is 0 Å². The number of hydrogen-bond acceptors (Lipinski definition) is 5. The van der Waals surface area contributed by atoms with E-state index >= 15 is 0 Å². The van der Waals surface area contributed by atoms with Gasteiger partial charge in [-0.1, -0.05) is 53.7 Å². The standard InChI is InChI=1S/C24H24N4O4/c29-22(17-25-23(30)20-16-21(32-26-20)18-8-3-1-4-9-18)27-12-7-13-28(15-14-27)24(31)19-10-5-2-6-11-19/h1-6,8-11,16H,7,12-15,17H2,(H,25,30). The summed E-state index contributed by atoms with van der Waals surface area (Å²) >= 11 is 0. The fraction of sp³-hybridized carbons (Fsp3) is 0.250. The summed E-state index contributed by atoms with van der Waals surface area (Å²) in [7, 11) is 0. The van der Waals surface area contributed by atoms with Gasteiger partial charge in [-0.25, -0.2) is 0 Å². The van der Waals surface area contributed by atoms with Gasteiger partial charge >= 0.3 is 0 Å². The highest BCUT2D eigenvalue weighted by molar-refractivity contribution is 5.96. The maximum Gasteiger partial charge on any atom is 0.273 e. The number of benzene rings is 2. The Labute approximate surface area is 185 Å². The van der Waals surface area contributed by atoms with Gasteiger partial charge in [-0.2, -0.15) is 0 Å². The topological polar surface area (TPSA) is 95.8 Å². The lowest BCUT2D eigenvalue weighted by atomic mass is 10.1. The van der Waals surface area contributed by atoms with E-state index in [0.29, 0.717) is 43.9 Å². The van der Waals surface area contributed by atoms with Crippen LogP contribution in [0.4, 0.5) is 0 Å². The first kappa shape index (κ1) is 21.3. The van der Waals surface area contributed by atoms with Crippen LogP contribution in [0.25, 0.3) is 11.3 Å². The number of carbonyl (C=O) groups is 3. The van der Waals surface area contributed by atoms with Gasteiger partial charge in [0.05, 0.1) is 6.54 Å². The first-order chi connectivity index (χ1) is 15.6. The third-order valence-electron chi connectivity index (χ3n) is 5.36. The van der Waals surface area contributed by atoms with Crippen molar-refractivity contribution in [3.05, 3.63) is 78.0 Å². The molecule has 2 aromatic carbocycles. The summed E-state index contributed by atoms with van der Waals surface area (Å²) in [6.45, 7) is 1.87. The molecule has 1 aliphatic heterocycles. The van der Waals surface area contributed by atoms with Crippen LogP contribution in [0.5, 0.6) is 0 Å². The van der Waals surface area contributed by atoms with E-state index in [-0.39, 0.29) is 24.1 Å². The average Bonchev–Trinajstić information content (AvgIpc) is 3.21. The zero-order valence-corrected chi connectivity index (χ0v) is 17.6. The average molecular weight is 432 g/mol. The molecule has 3 amide bonds. The highest BCUT2D eigenvalue weighted by Gasteiger charge is 2.23. The van der Waals surface area contributed by atoms with Gasteiger partial charge in [0.15, 0.2) is 11.5 Å². The van der Waals surface area contributed by atoms with Crippen molar-refractivity contribution in [2.24, 2.45) is 0 Å². The Kier molecular flexibility index (Phi) is 6.60. The molecular weight excluding hydrogens is 408 g/mol. The van der Waals surface area contributed by atoms with Crippen LogP contribution in [0.1, 0.15) is 27.3 Å². The second kappa shape index (κ2) is 9.91. The lowest BCUT2D eigenvalue weighted by Gasteiger charge is -2.22.